The summed E-state index contributed by atoms with van der Waals surface area (Å²) in [4.78, 5) is 4.05. The van der Waals surface area contributed by atoms with Crippen molar-refractivity contribution in [2.24, 2.45) is 0 Å². The molecule has 1 aromatic carbocycles. The van der Waals surface area contributed by atoms with Crippen LogP contribution in [0.1, 0.15) is 18.7 Å². The van der Waals surface area contributed by atoms with Gasteiger partial charge in [0.25, 0.3) is 0 Å². The molecule has 3 nitrogen and oxygen atoms in total. The van der Waals surface area contributed by atoms with E-state index in [0.717, 1.165) is 17.1 Å². The average Bonchev–Trinajstić information content (AvgIpc) is 2.40. The molecule has 2 aromatic rings. The number of ether oxygens (including phenoxy) is 1. The summed E-state index contributed by atoms with van der Waals surface area (Å²) in [6.07, 6.45) is 1.22. The van der Waals surface area contributed by atoms with E-state index in [1.54, 1.807) is 13.2 Å². The smallest absolute Gasteiger partial charge is 0.141 e. The van der Waals surface area contributed by atoms with Gasteiger partial charge in [0.1, 0.15) is 11.6 Å². The third-order valence-electron chi connectivity index (χ3n) is 2.67. The van der Waals surface area contributed by atoms with Gasteiger partial charge in [-0.2, -0.15) is 0 Å². The minimum atomic E-state index is -0.324. The summed E-state index contributed by atoms with van der Waals surface area (Å²) in [6.45, 7) is 1.98. The van der Waals surface area contributed by atoms with Crippen LogP contribution in [-0.4, -0.2) is 12.1 Å². The number of hydrogen-bond donors (Lipinski definition) is 1. The molecule has 1 atom stereocenters. The highest BCUT2D eigenvalue weighted by Crippen LogP contribution is 2.20. The van der Waals surface area contributed by atoms with Crippen molar-refractivity contribution in [2.45, 2.75) is 13.0 Å². The summed E-state index contributed by atoms with van der Waals surface area (Å²) in [5.41, 5.74) is 1.77. The Labute approximate surface area is 106 Å². The van der Waals surface area contributed by atoms with E-state index in [0.29, 0.717) is 0 Å². The second-order valence-electron chi connectivity index (χ2n) is 4.00. The average molecular weight is 246 g/mol. The highest BCUT2D eigenvalue weighted by atomic mass is 19.1. The summed E-state index contributed by atoms with van der Waals surface area (Å²) in [7, 11) is 1.63. The van der Waals surface area contributed by atoms with Gasteiger partial charge in [-0.1, -0.05) is 0 Å². The maximum atomic E-state index is 12.8. The van der Waals surface area contributed by atoms with Gasteiger partial charge in [0.05, 0.1) is 25.0 Å². The molecule has 1 heterocycles. The number of hydrogen-bond acceptors (Lipinski definition) is 3. The molecule has 0 spiro atoms. The Hall–Kier alpha value is -2.10. The second kappa shape index (κ2) is 5.49. The lowest BCUT2D eigenvalue weighted by molar-refractivity contribution is 0.415. The van der Waals surface area contributed by atoms with Crippen molar-refractivity contribution < 1.29 is 9.13 Å². The zero-order valence-electron chi connectivity index (χ0n) is 10.4. The van der Waals surface area contributed by atoms with Crippen LogP contribution < -0.4 is 10.1 Å². The van der Waals surface area contributed by atoms with Gasteiger partial charge in [0, 0.05) is 5.69 Å². The van der Waals surface area contributed by atoms with E-state index in [1.165, 1.54) is 12.3 Å². The van der Waals surface area contributed by atoms with Gasteiger partial charge in [0.15, 0.2) is 0 Å². The Morgan fingerprint density at radius 2 is 1.89 bits per heavy atom. The van der Waals surface area contributed by atoms with Gasteiger partial charge >= 0.3 is 0 Å². The molecule has 0 aliphatic heterocycles. The predicted molar refractivity (Wildman–Crippen MR) is 69.2 cm³/mol. The predicted octanol–water partition coefficient (Wildman–Crippen LogP) is 3.40. The Kier molecular flexibility index (Phi) is 3.77. The molecule has 1 unspecified atom stereocenters. The number of anilines is 1. The van der Waals surface area contributed by atoms with Crippen LogP contribution in [-0.2, 0) is 0 Å². The molecule has 0 aliphatic rings. The van der Waals surface area contributed by atoms with Crippen LogP contribution in [0.25, 0.3) is 0 Å². The monoisotopic (exact) mass is 246 g/mol. The molecular weight excluding hydrogens is 231 g/mol. The van der Waals surface area contributed by atoms with E-state index in [2.05, 4.69) is 10.3 Å². The van der Waals surface area contributed by atoms with Crippen LogP contribution in [0.5, 0.6) is 5.75 Å². The highest BCUT2D eigenvalue weighted by Gasteiger charge is 2.06. The van der Waals surface area contributed by atoms with Crippen LogP contribution in [0.4, 0.5) is 10.1 Å². The van der Waals surface area contributed by atoms with Crippen LogP contribution in [0.15, 0.2) is 42.6 Å². The standard InChI is InChI=1S/C14H15FN2O/c1-10(14-8-3-11(15)9-16-14)17-12-4-6-13(18-2)7-5-12/h3-10,17H,1-2H3. The van der Waals surface area contributed by atoms with Gasteiger partial charge in [-0.25, -0.2) is 4.39 Å². The van der Waals surface area contributed by atoms with E-state index in [4.69, 9.17) is 4.74 Å². The Morgan fingerprint density at radius 1 is 1.17 bits per heavy atom. The maximum absolute atomic E-state index is 12.8. The largest absolute Gasteiger partial charge is 0.497 e. The number of aromatic nitrogens is 1. The summed E-state index contributed by atoms with van der Waals surface area (Å²) < 4.78 is 17.9. The van der Waals surface area contributed by atoms with Crippen LogP contribution in [0.2, 0.25) is 0 Å². The summed E-state index contributed by atoms with van der Waals surface area (Å²) in [5.74, 6) is 0.489. The van der Waals surface area contributed by atoms with Gasteiger partial charge in [0.2, 0.25) is 0 Å². The fraction of sp³-hybridized carbons (Fsp3) is 0.214. The van der Waals surface area contributed by atoms with Crippen LogP contribution in [0.3, 0.4) is 0 Å². The lowest BCUT2D eigenvalue weighted by atomic mass is 10.2. The molecule has 18 heavy (non-hydrogen) atoms. The van der Waals surface area contributed by atoms with E-state index < -0.39 is 0 Å². The minimum Gasteiger partial charge on any atom is -0.497 e. The van der Waals surface area contributed by atoms with Gasteiger partial charge in [-0.05, 0) is 43.3 Å². The molecule has 94 valence electrons. The van der Waals surface area contributed by atoms with Crippen molar-refractivity contribution in [1.82, 2.24) is 4.98 Å². The molecule has 1 aromatic heterocycles. The van der Waals surface area contributed by atoms with E-state index in [-0.39, 0.29) is 11.9 Å². The molecule has 4 heteroatoms. The van der Waals surface area contributed by atoms with Crippen molar-refractivity contribution in [3.8, 4) is 5.75 Å². The van der Waals surface area contributed by atoms with Crippen molar-refractivity contribution in [1.29, 1.82) is 0 Å². The topological polar surface area (TPSA) is 34.1 Å². The number of pyridine rings is 1. The lowest BCUT2D eigenvalue weighted by Crippen LogP contribution is -2.08. The van der Waals surface area contributed by atoms with Gasteiger partial charge in [-0.3, -0.25) is 4.98 Å². The Morgan fingerprint density at radius 3 is 2.44 bits per heavy atom. The number of nitrogens with one attached hydrogen (secondary N) is 1. The first-order chi connectivity index (χ1) is 8.69. The van der Waals surface area contributed by atoms with Crippen molar-refractivity contribution in [3.63, 3.8) is 0 Å². The van der Waals surface area contributed by atoms with Crippen molar-refractivity contribution >= 4 is 5.69 Å². The van der Waals surface area contributed by atoms with E-state index in [1.807, 2.05) is 31.2 Å². The second-order valence-corrected chi connectivity index (χ2v) is 4.00. The quantitative estimate of drug-likeness (QED) is 0.897. The third-order valence-corrected chi connectivity index (χ3v) is 2.67. The van der Waals surface area contributed by atoms with E-state index in [9.17, 15) is 4.39 Å². The molecule has 0 fully saturated rings. The van der Waals surface area contributed by atoms with Crippen molar-refractivity contribution in [3.05, 3.63) is 54.1 Å². The molecule has 2 rings (SSSR count). The molecule has 0 saturated heterocycles. The van der Waals surface area contributed by atoms with Crippen LogP contribution >= 0.6 is 0 Å². The number of methoxy groups -OCH3 is 1. The molecule has 1 N–H and O–H groups in total. The molecule has 0 saturated carbocycles. The maximum Gasteiger partial charge on any atom is 0.141 e. The van der Waals surface area contributed by atoms with Crippen LogP contribution in [0, 0.1) is 5.82 Å². The lowest BCUT2D eigenvalue weighted by Gasteiger charge is -2.14. The molecule has 0 amide bonds. The normalized spacial score (nSPS) is 11.9. The third kappa shape index (κ3) is 2.97. The van der Waals surface area contributed by atoms with Gasteiger partial charge in [-0.15, -0.1) is 0 Å². The van der Waals surface area contributed by atoms with E-state index >= 15 is 0 Å². The first-order valence-electron chi connectivity index (χ1n) is 5.71. The first kappa shape index (κ1) is 12.4. The Balaban J connectivity index is 2.05. The summed E-state index contributed by atoms with van der Waals surface area (Å²) in [6, 6.07) is 10.7. The first-order valence-corrected chi connectivity index (χ1v) is 5.71. The van der Waals surface area contributed by atoms with Crippen molar-refractivity contribution in [2.75, 3.05) is 12.4 Å². The number of benzene rings is 1. The Bertz CT molecular complexity index is 496. The fourth-order valence-corrected chi connectivity index (χ4v) is 1.65. The number of nitrogens with zero attached hydrogens (tertiary/aromatic N) is 1. The zero-order chi connectivity index (χ0) is 13.0. The summed E-state index contributed by atoms with van der Waals surface area (Å²) in [5, 5.41) is 3.29. The minimum absolute atomic E-state index is 0.0130. The molecule has 0 aliphatic carbocycles. The zero-order valence-corrected chi connectivity index (χ0v) is 10.4. The highest BCUT2D eigenvalue weighted by molar-refractivity contribution is 5.47. The SMILES string of the molecule is COc1ccc(NC(C)c2ccc(F)cn2)cc1. The summed E-state index contributed by atoms with van der Waals surface area (Å²) >= 11 is 0. The molecular formula is C14H15FN2O. The number of rotatable bonds is 4. The molecule has 0 radical (unpaired) electrons. The fourth-order valence-electron chi connectivity index (χ4n) is 1.65. The van der Waals surface area contributed by atoms with Gasteiger partial charge < -0.3 is 10.1 Å². The number of halogens is 1. The molecule has 0 bridgehead atoms.